The van der Waals surface area contributed by atoms with Crippen LogP contribution in [0.4, 0.5) is 5.95 Å². The zero-order chi connectivity index (χ0) is 12.3. The molecule has 1 amide bonds. The summed E-state index contributed by atoms with van der Waals surface area (Å²) in [6.07, 6.45) is 1.34. The van der Waals surface area contributed by atoms with Crippen molar-refractivity contribution in [1.82, 2.24) is 15.2 Å². The molecule has 0 fully saturated rings. The van der Waals surface area contributed by atoms with Crippen LogP contribution in [0.3, 0.4) is 0 Å². The number of hydrogen-bond donors (Lipinski definition) is 2. The Morgan fingerprint density at radius 2 is 2.00 bits per heavy atom. The second-order valence-electron chi connectivity index (χ2n) is 4.06. The van der Waals surface area contributed by atoms with Crippen LogP contribution in [0.15, 0.2) is 30.6 Å². The maximum Gasteiger partial charge on any atom is 0.258 e. The summed E-state index contributed by atoms with van der Waals surface area (Å²) in [5.41, 5.74) is 1.81. The van der Waals surface area contributed by atoms with Crippen LogP contribution in [0, 0.1) is 0 Å². The molecule has 17 heavy (non-hydrogen) atoms. The Hall–Kier alpha value is -2.17. The molecule has 1 aromatic carbocycles. The molecule has 5 nitrogen and oxygen atoms in total. The highest BCUT2D eigenvalue weighted by atomic mass is 16.1. The van der Waals surface area contributed by atoms with E-state index in [-0.39, 0.29) is 5.91 Å². The second-order valence-corrected chi connectivity index (χ2v) is 4.06. The smallest absolute Gasteiger partial charge is 0.258 e. The van der Waals surface area contributed by atoms with Crippen molar-refractivity contribution in [2.75, 3.05) is 5.32 Å². The molecule has 0 atom stereocenters. The molecule has 0 saturated carbocycles. The molecular formula is C12H14N4O. The third-order valence-corrected chi connectivity index (χ3v) is 2.49. The summed E-state index contributed by atoms with van der Waals surface area (Å²) < 4.78 is 0. The Kier molecular flexibility index (Phi) is 3.18. The van der Waals surface area contributed by atoms with Crippen LogP contribution in [0.1, 0.15) is 35.7 Å². The molecule has 2 aromatic rings. The SMILES string of the molecule is CC(C)c1ccc(C(=O)Nc2ncn[nH]2)cc1. The van der Waals surface area contributed by atoms with E-state index in [1.54, 1.807) is 12.1 Å². The molecule has 0 aliphatic rings. The van der Waals surface area contributed by atoms with Crippen LogP contribution in [-0.4, -0.2) is 21.1 Å². The number of benzene rings is 1. The molecule has 0 radical (unpaired) electrons. The van der Waals surface area contributed by atoms with Gasteiger partial charge in [0, 0.05) is 5.56 Å². The van der Waals surface area contributed by atoms with Gasteiger partial charge >= 0.3 is 0 Å². The minimum Gasteiger partial charge on any atom is -0.291 e. The second kappa shape index (κ2) is 4.78. The fourth-order valence-electron chi connectivity index (χ4n) is 1.46. The number of hydrogen-bond acceptors (Lipinski definition) is 3. The first-order valence-electron chi connectivity index (χ1n) is 5.43. The van der Waals surface area contributed by atoms with Gasteiger partial charge in [-0.05, 0) is 23.6 Å². The van der Waals surface area contributed by atoms with E-state index < -0.39 is 0 Å². The average molecular weight is 230 g/mol. The predicted octanol–water partition coefficient (Wildman–Crippen LogP) is 2.18. The number of aromatic amines is 1. The van der Waals surface area contributed by atoms with Crippen molar-refractivity contribution < 1.29 is 4.79 Å². The Morgan fingerprint density at radius 3 is 2.53 bits per heavy atom. The van der Waals surface area contributed by atoms with E-state index in [1.165, 1.54) is 11.9 Å². The summed E-state index contributed by atoms with van der Waals surface area (Å²) in [6.45, 7) is 4.23. The molecule has 1 heterocycles. The summed E-state index contributed by atoms with van der Waals surface area (Å²) in [5.74, 6) is 0.612. The van der Waals surface area contributed by atoms with Crippen molar-refractivity contribution in [3.05, 3.63) is 41.7 Å². The zero-order valence-corrected chi connectivity index (χ0v) is 9.77. The van der Waals surface area contributed by atoms with Crippen molar-refractivity contribution in [3.63, 3.8) is 0 Å². The third kappa shape index (κ3) is 2.69. The number of nitrogens with zero attached hydrogens (tertiary/aromatic N) is 2. The number of carbonyl (C=O) groups is 1. The Bertz CT molecular complexity index is 488. The maximum absolute atomic E-state index is 11.8. The highest BCUT2D eigenvalue weighted by molar-refractivity contribution is 6.03. The largest absolute Gasteiger partial charge is 0.291 e. The number of aromatic nitrogens is 3. The van der Waals surface area contributed by atoms with Gasteiger partial charge in [0.25, 0.3) is 5.91 Å². The predicted molar refractivity (Wildman–Crippen MR) is 64.9 cm³/mol. The van der Waals surface area contributed by atoms with E-state index in [0.717, 1.165) is 0 Å². The third-order valence-electron chi connectivity index (χ3n) is 2.49. The monoisotopic (exact) mass is 230 g/mol. The molecular weight excluding hydrogens is 216 g/mol. The molecule has 0 unspecified atom stereocenters. The molecule has 0 saturated heterocycles. The molecule has 2 N–H and O–H groups in total. The lowest BCUT2D eigenvalue weighted by Crippen LogP contribution is -2.13. The lowest BCUT2D eigenvalue weighted by molar-refractivity contribution is 0.102. The lowest BCUT2D eigenvalue weighted by atomic mass is 10.0. The van der Waals surface area contributed by atoms with Crippen LogP contribution in [0.2, 0.25) is 0 Å². The van der Waals surface area contributed by atoms with Crippen LogP contribution in [0.25, 0.3) is 0 Å². The highest BCUT2D eigenvalue weighted by Gasteiger charge is 2.07. The normalized spacial score (nSPS) is 10.5. The molecule has 0 spiro atoms. The summed E-state index contributed by atoms with van der Waals surface area (Å²) in [4.78, 5) is 15.6. The van der Waals surface area contributed by atoms with Gasteiger partial charge in [-0.15, -0.1) is 0 Å². The molecule has 0 aliphatic carbocycles. The quantitative estimate of drug-likeness (QED) is 0.849. The van der Waals surface area contributed by atoms with Crippen molar-refractivity contribution in [2.45, 2.75) is 19.8 Å². The highest BCUT2D eigenvalue weighted by Crippen LogP contribution is 2.15. The van der Waals surface area contributed by atoms with E-state index in [2.05, 4.69) is 34.3 Å². The van der Waals surface area contributed by atoms with E-state index in [4.69, 9.17) is 0 Å². The van der Waals surface area contributed by atoms with Crippen LogP contribution in [-0.2, 0) is 0 Å². The van der Waals surface area contributed by atoms with Crippen LogP contribution >= 0.6 is 0 Å². The average Bonchev–Trinajstić information content (AvgIpc) is 2.82. The first-order chi connectivity index (χ1) is 8.16. The van der Waals surface area contributed by atoms with Crippen LogP contribution < -0.4 is 5.32 Å². The number of H-pyrrole nitrogens is 1. The van der Waals surface area contributed by atoms with E-state index in [0.29, 0.717) is 17.4 Å². The van der Waals surface area contributed by atoms with Crippen LogP contribution in [0.5, 0.6) is 0 Å². The van der Waals surface area contributed by atoms with Gasteiger partial charge < -0.3 is 0 Å². The fourth-order valence-corrected chi connectivity index (χ4v) is 1.46. The number of nitrogens with one attached hydrogen (secondary N) is 2. The minimum absolute atomic E-state index is 0.197. The topological polar surface area (TPSA) is 70.7 Å². The van der Waals surface area contributed by atoms with Gasteiger partial charge in [-0.2, -0.15) is 10.1 Å². The first kappa shape index (κ1) is 11.3. The van der Waals surface area contributed by atoms with Gasteiger partial charge in [0.15, 0.2) is 0 Å². The Balaban J connectivity index is 2.09. The fraction of sp³-hybridized carbons (Fsp3) is 0.250. The van der Waals surface area contributed by atoms with Crippen molar-refractivity contribution in [1.29, 1.82) is 0 Å². The molecule has 5 heteroatoms. The van der Waals surface area contributed by atoms with Gasteiger partial charge in [-0.1, -0.05) is 26.0 Å². The van der Waals surface area contributed by atoms with Gasteiger partial charge in [0.05, 0.1) is 0 Å². The van der Waals surface area contributed by atoms with Crippen molar-refractivity contribution in [3.8, 4) is 0 Å². The van der Waals surface area contributed by atoms with Gasteiger partial charge in [0.2, 0.25) is 5.95 Å². The Labute approximate surface area is 99.3 Å². The number of amides is 1. The molecule has 0 bridgehead atoms. The Morgan fingerprint density at radius 1 is 1.29 bits per heavy atom. The first-order valence-corrected chi connectivity index (χ1v) is 5.43. The standard InChI is InChI=1S/C12H14N4O/c1-8(2)9-3-5-10(6-4-9)11(17)15-12-13-7-14-16-12/h3-8H,1-2H3,(H2,13,14,15,16,17). The zero-order valence-electron chi connectivity index (χ0n) is 9.77. The molecule has 2 rings (SSSR count). The van der Waals surface area contributed by atoms with Crippen molar-refractivity contribution in [2.24, 2.45) is 0 Å². The lowest BCUT2D eigenvalue weighted by Gasteiger charge is -2.06. The summed E-state index contributed by atoms with van der Waals surface area (Å²) in [5, 5.41) is 8.85. The van der Waals surface area contributed by atoms with E-state index >= 15 is 0 Å². The summed E-state index contributed by atoms with van der Waals surface area (Å²) >= 11 is 0. The maximum atomic E-state index is 11.8. The number of anilines is 1. The molecule has 1 aromatic heterocycles. The van der Waals surface area contributed by atoms with Crippen molar-refractivity contribution >= 4 is 11.9 Å². The van der Waals surface area contributed by atoms with Gasteiger partial charge in [-0.25, -0.2) is 5.10 Å². The summed E-state index contributed by atoms with van der Waals surface area (Å²) in [7, 11) is 0. The molecule has 88 valence electrons. The minimum atomic E-state index is -0.197. The summed E-state index contributed by atoms with van der Waals surface area (Å²) in [6, 6.07) is 7.53. The van der Waals surface area contributed by atoms with E-state index in [9.17, 15) is 4.79 Å². The number of rotatable bonds is 3. The number of carbonyl (C=O) groups excluding carboxylic acids is 1. The van der Waals surface area contributed by atoms with E-state index in [1.807, 2.05) is 12.1 Å². The van der Waals surface area contributed by atoms with Gasteiger partial charge in [0.1, 0.15) is 6.33 Å². The van der Waals surface area contributed by atoms with Gasteiger partial charge in [-0.3, -0.25) is 10.1 Å². The molecule has 0 aliphatic heterocycles.